The molecule has 0 unspecified atom stereocenters. The van der Waals surface area contributed by atoms with Crippen molar-refractivity contribution in [3.05, 3.63) is 224 Å². The zero-order valence-electron chi connectivity index (χ0n) is 33.6. The molecule has 13 aromatic rings. The number of nitrogens with zero attached hydrogens (tertiary/aromatic N) is 3. The molecule has 290 valence electrons. The molecule has 4 nitrogen and oxygen atoms in total. The molecule has 0 radical (unpaired) electrons. The Morgan fingerprint density at radius 1 is 0.323 bits per heavy atom. The molecule has 4 heteroatoms. The fourth-order valence-electron chi connectivity index (χ4n) is 10.0. The Kier molecular flexibility index (Phi) is 7.57. The Morgan fingerprint density at radius 2 is 0.774 bits per heavy atom. The highest BCUT2D eigenvalue weighted by molar-refractivity contribution is 6.16. The molecule has 3 aromatic heterocycles. The SMILES string of the molecule is c1ccc(N(c2ccccc2-n2c3ccccc3c3ccccc32)c2ccccc2-n2c3ccccc3c3ccccc32)c(-c2ccc3oc4c5ccccc5ccc4c3c2)c1. The van der Waals surface area contributed by atoms with Gasteiger partial charge in [0.25, 0.3) is 0 Å². The summed E-state index contributed by atoms with van der Waals surface area (Å²) in [6.07, 6.45) is 0. The lowest BCUT2D eigenvalue weighted by atomic mass is 9.98. The molecule has 10 aromatic carbocycles. The Balaban J connectivity index is 1.11. The summed E-state index contributed by atoms with van der Waals surface area (Å²) >= 11 is 0. The predicted molar refractivity (Wildman–Crippen MR) is 260 cm³/mol. The van der Waals surface area contributed by atoms with Crippen molar-refractivity contribution in [2.75, 3.05) is 4.90 Å². The van der Waals surface area contributed by atoms with Crippen LogP contribution in [0.1, 0.15) is 0 Å². The van der Waals surface area contributed by atoms with Gasteiger partial charge in [0.2, 0.25) is 0 Å². The molecule has 13 rings (SSSR count). The molecule has 0 saturated carbocycles. The minimum Gasteiger partial charge on any atom is -0.455 e. The van der Waals surface area contributed by atoms with Crippen molar-refractivity contribution in [1.29, 1.82) is 0 Å². The minimum atomic E-state index is 0.878. The van der Waals surface area contributed by atoms with Crippen LogP contribution in [0.15, 0.2) is 229 Å². The summed E-state index contributed by atoms with van der Waals surface area (Å²) < 4.78 is 11.5. The van der Waals surface area contributed by atoms with Gasteiger partial charge in [-0.3, -0.25) is 0 Å². The highest BCUT2D eigenvalue weighted by Crippen LogP contribution is 2.48. The van der Waals surface area contributed by atoms with E-state index in [1.54, 1.807) is 0 Å². The molecular weight excluding hydrogens is 755 g/mol. The van der Waals surface area contributed by atoms with Crippen LogP contribution in [0.25, 0.3) is 98.8 Å². The molecule has 0 aliphatic rings. The number of hydrogen-bond acceptors (Lipinski definition) is 2. The Labute approximate surface area is 357 Å². The summed E-state index contributed by atoms with van der Waals surface area (Å²) in [5, 5.41) is 9.41. The van der Waals surface area contributed by atoms with Crippen LogP contribution < -0.4 is 4.90 Å². The third-order valence-electron chi connectivity index (χ3n) is 12.7. The van der Waals surface area contributed by atoms with E-state index in [4.69, 9.17) is 4.42 Å². The first kappa shape index (κ1) is 34.5. The van der Waals surface area contributed by atoms with Crippen LogP contribution >= 0.6 is 0 Å². The van der Waals surface area contributed by atoms with Gasteiger partial charge in [0.15, 0.2) is 0 Å². The average Bonchev–Trinajstić information content (AvgIpc) is 4.00. The number of anilines is 3. The van der Waals surface area contributed by atoms with Gasteiger partial charge >= 0.3 is 0 Å². The monoisotopic (exact) mass is 791 g/mol. The summed E-state index contributed by atoms with van der Waals surface area (Å²) in [4.78, 5) is 2.48. The van der Waals surface area contributed by atoms with Gasteiger partial charge < -0.3 is 18.5 Å². The lowest BCUT2D eigenvalue weighted by molar-refractivity contribution is 0.672. The zero-order chi connectivity index (χ0) is 40.7. The second-order valence-electron chi connectivity index (χ2n) is 16.0. The molecule has 0 atom stereocenters. The molecule has 0 aliphatic heterocycles. The lowest BCUT2D eigenvalue weighted by Crippen LogP contribution is -2.16. The van der Waals surface area contributed by atoms with Crippen molar-refractivity contribution < 1.29 is 4.42 Å². The molecule has 0 spiro atoms. The Morgan fingerprint density at radius 3 is 1.34 bits per heavy atom. The van der Waals surface area contributed by atoms with Crippen LogP contribution in [-0.4, -0.2) is 9.13 Å². The molecule has 0 aliphatic carbocycles. The van der Waals surface area contributed by atoms with Crippen LogP contribution in [0.2, 0.25) is 0 Å². The number of hydrogen-bond donors (Lipinski definition) is 0. The standard InChI is InChI=1S/C58H37N3O/c1-2-19-41-38(17-1)33-35-46-47-37-39(34-36-57(47)62-58(41)46)40-18-3-8-24-48(40)61(55-31-15-13-29-53(55)59-49-25-9-4-20-42(49)43-21-5-10-26-50(43)59)56-32-16-14-30-54(56)60-51-27-11-6-22-44(51)45-23-7-12-28-52(45)60/h1-37H. The normalized spacial score (nSPS) is 11.9. The van der Waals surface area contributed by atoms with E-state index < -0.39 is 0 Å². The van der Waals surface area contributed by atoms with E-state index in [0.29, 0.717) is 0 Å². The summed E-state index contributed by atoms with van der Waals surface area (Å²) in [6.45, 7) is 0. The first-order chi connectivity index (χ1) is 30.8. The van der Waals surface area contributed by atoms with Gasteiger partial charge in [-0.15, -0.1) is 0 Å². The molecular formula is C58H37N3O. The van der Waals surface area contributed by atoms with E-state index >= 15 is 0 Å². The van der Waals surface area contributed by atoms with E-state index in [-0.39, 0.29) is 0 Å². The quantitative estimate of drug-likeness (QED) is 0.168. The largest absolute Gasteiger partial charge is 0.455 e. The Bertz CT molecular complexity index is 3640. The van der Waals surface area contributed by atoms with Crippen molar-refractivity contribution in [3.63, 3.8) is 0 Å². The number of rotatable bonds is 6. The van der Waals surface area contributed by atoms with E-state index in [1.165, 1.54) is 26.9 Å². The summed E-state index contributed by atoms with van der Waals surface area (Å²) in [5.74, 6) is 0. The smallest absolute Gasteiger partial charge is 0.143 e. The van der Waals surface area contributed by atoms with Gasteiger partial charge in [-0.05, 0) is 83.7 Å². The van der Waals surface area contributed by atoms with Crippen LogP contribution in [0, 0.1) is 0 Å². The summed E-state index contributed by atoms with van der Waals surface area (Å²) in [5.41, 5.74) is 14.0. The van der Waals surface area contributed by atoms with E-state index in [9.17, 15) is 0 Å². The molecule has 0 saturated heterocycles. The molecule has 0 fully saturated rings. The van der Waals surface area contributed by atoms with Crippen LogP contribution in [0.5, 0.6) is 0 Å². The maximum atomic E-state index is 6.61. The van der Waals surface area contributed by atoms with E-state index in [1.807, 2.05) is 0 Å². The van der Waals surface area contributed by atoms with Crippen LogP contribution in [0.3, 0.4) is 0 Å². The van der Waals surface area contributed by atoms with Gasteiger partial charge in [0.05, 0.1) is 50.5 Å². The van der Waals surface area contributed by atoms with Crippen molar-refractivity contribution in [2.45, 2.75) is 0 Å². The lowest BCUT2D eigenvalue weighted by Gasteiger charge is -2.32. The zero-order valence-corrected chi connectivity index (χ0v) is 33.6. The van der Waals surface area contributed by atoms with Crippen molar-refractivity contribution in [3.8, 4) is 22.5 Å². The van der Waals surface area contributed by atoms with E-state index in [0.717, 1.165) is 89.0 Å². The van der Waals surface area contributed by atoms with Crippen LogP contribution in [0.4, 0.5) is 17.1 Å². The highest BCUT2D eigenvalue weighted by Gasteiger charge is 2.26. The maximum Gasteiger partial charge on any atom is 0.143 e. The molecule has 62 heavy (non-hydrogen) atoms. The summed E-state index contributed by atoms with van der Waals surface area (Å²) in [6, 6.07) is 81.1. The second kappa shape index (κ2) is 13.6. The van der Waals surface area contributed by atoms with E-state index in [2.05, 4.69) is 238 Å². The highest BCUT2D eigenvalue weighted by atomic mass is 16.3. The molecule has 0 N–H and O–H groups in total. The van der Waals surface area contributed by atoms with Crippen molar-refractivity contribution >= 4 is 93.4 Å². The van der Waals surface area contributed by atoms with Crippen LogP contribution in [-0.2, 0) is 0 Å². The Hall–Kier alpha value is -8.34. The predicted octanol–water partition coefficient (Wildman–Crippen LogP) is 16.1. The van der Waals surface area contributed by atoms with Crippen molar-refractivity contribution in [2.24, 2.45) is 0 Å². The fraction of sp³-hybridized carbons (Fsp3) is 0. The third kappa shape index (κ3) is 5.07. The number of para-hydroxylation sites is 9. The maximum absolute atomic E-state index is 6.61. The summed E-state index contributed by atoms with van der Waals surface area (Å²) in [7, 11) is 0. The van der Waals surface area contributed by atoms with Crippen molar-refractivity contribution in [1.82, 2.24) is 9.13 Å². The topological polar surface area (TPSA) is 26.2 Å². The molecule has 0 amide bonds. The fourth-order valence-corrected chi connectivity index (χ4v) is 10.0. The van der Waals surface area contributed by atoms with Gasteiger partial charge in [-0.25, -0.2) is 0 Å². The second-order valence-corrected chi connectivity index (χ2v) is 16.0. The molecule has 3 heterocycles. The number of aromatic nitrogens is 2. The number of fused-ring (bicyclic) bond motifs is 11. The first-order valence-corrected chi connectivity index (χ1v) is 21.2. The first-order valence-electron chi connectivity index (χ1n) is 21.2. The van der Waals surface area contributed by atoms with Gasteiger partial charge in [0.1, 0.15) is 11.2 Å². The van der Waals surface area contributed by atoms with Gasteiger partial charge in [-0.2, -0.15) is 0 Å². The minimum absolute atomic E-state index is 0.878. The van der Waals surface area contributed by atoms with Gasteiger partial charge in [0, 0.05) is 43.3 Å². The average molecular weight is 792 g/mol. The molecule has 0 bridgehead atoms. The number of benzene rings is 10. The van der Waals surface area contributed by atoms with Gasteiger partial charge in [-0.1, -0.05) is 152 Å². The number of furan rings is 1. The third-order valence-corrected chi connectivity index (χ3v) is 12.7.